The molecule has 0 bridgehead atoms. The Morgan fingerprint density at radius 1 is 1.05 bits per heavy atom. The number of ether oxygens (including phenoxy) is 2. The summed E-state index contributed by atoms with van der Waals surface area (Å²) >= 11 is 0. The second-order valence-electron chi connectivity index (χ2n) is 4.42. The van der Waals surface area contributed by atoms with E-state index in [0.717, 1.165) is 5.56 Å². The van der Waals surface area contributed by atoms with Gasteiger partial charge in [-0.2, -0.15) is 0 Å². The number of carbonyl (C=O) groups excluding carboxylic acids is 1. The highest BCUT2D eigenvalue weighted by Crippen LogP contribution is 2.14. The number of methoxy groups -OCH3 is 1. The van der Waals surface area contributed by atoms with Gasteiger partial charge in [0, 0.05) is 5.56 Å². The first-order chi connectivity index (χ1) is 10.7. The summed E-state index contributed by atoms with van der Waals surface area (Å²) in [5, 5.41) is 3.77. The largest absolute Gasteiger partial charge is 0.497 e. The van der Waals surface area contributed by atoms with Crippen LogP contribution in [-0.2, 0) is 21.0 Å². The van der Waals surface area contributed by atoms with Crippen molar-refractivity contribution in [3.63, 3.8) is 0 Å². The molecule has 0 aliphatic rings. The molecule has 0 unspecified atom stereocenters. The first-order valence-electron chi connectivity index (χ1n) is 6.71. The first kappa shape index (κ1) is 15.6. The summed E-state index contributed by atoms with van der Waals surface area (Å²) in [6, 6.07) is 16.4. The Bertz CT molecular complexity index is 653. The van der Waals surface area contributed by atoms with E-state index in [4.69, 9.17) is 14.3 Å². The van der Waals surface area contributed by atoms with Crippen molar-refractivity contribution in [2.45, 2.75) is 6.61 Å². The molecule has 0 amide bonds. The molecule has 0 fully saturated rings. The molecule has 0 saturated heterocycles. The third-order valence-corrected chi connectivity index (χ3v) is 2.93. The van der Waals surface area contributed by atoms with E-state index in [2.05, 4.69) is 5.16 Å². The van der Waals surface area contributed by atoms with Crippen molar-refractivity contribution in [1.29, 1.82) is 0 Å². The van der Waals surface area contributed by atoms with Gasteiger partial charge in [0.1, 0.15) is 19.5 Å². The number of carbonyl (C=O) groups is 1. The Kier molecular flexibility index (Phi) is 5.54. The molecule has 0 radical (unpaired) electrons. The lowest BCUT2D eigenvalue weighted by molar-refractivity contribution is -0.136. The quantitative estimate of drug-likeness (QED) is 0.467. The molecule has 0 N–H and O–H groups in total. The summed E-state index contributed by atoms with van der Waals surface area (Å²) in [7, 11) is 2.94. The zero-order chi connectivity index (χ0) is 15.8. The van der Waals surface area contributed by atoms with Crippen molar-refractivity contribution in [2.75, 3.05) is 14.2 Å². The number of benzene rings is 2. The topological polar surface area (TPSA) is 57.1 Å². The molecular weight excluding hydrogens is 282 g/mol. The molecule has 5 nitrogen and oxygen atoms in total. The molecule has 2 aromatic rings. The molecule has 0 aromatic heterocycles. The van der Waals surface area contributed by atoms with Crippen LogP contribution in [0.1, 0.15) is 11.1 Å². The van der Waals surface area contributed by atoms with E-state index in [1.807, 2.05) is 30.3 Å². The van der Waals surface area contributed by atoms with E-state index in [0.29, 0.717) is 11.3 Å². The lowest BCUT2D eigenvalue weighted by Gasteiger charge is -2.08. The van der Waals surface area contributed by atoms with Gasteiger partial charge in [-0.1, -0.05) is 47.6 Å². The Balaban J connectivity index is 2.13. The van der Waals surface area contributed by atoms with Gasteiger partial charge in [-0.3, -0.25) is 0 Å². The molecule has 0 heterocycles. The Morgan fingerprint density at radius 2 is 1.82 bits per heavy atom. The Labute approximate surface area is 129 Å². The van der Waals surface area contributed by atoms with Crippen LogP contribution in [0.4, 0.5) is 0 Å². The van der Waals surface area contributed by atoms with Gasteiger partial charge in [-0.15, -0.1) is 0 Å². The van der Waals surface area contributed by atoms with Gasteiger partial charge in [0.25, 0.3) is 0 Å². The molecule has 0 aliphatic heterocycles. The molecule has 2 rings (SSSR count). The highest BCUT2D eigenvalue weighted by molar-refractivity contribution is 6.43. The van der Waals surface area contributed by atoms with Gasteiger partial charge in [-0.05, 0) is 17.7 Å². The molecular formula is C17H17NO4. The summed E-state index contributed by atoms with van der Waals surface area (Å²) in [5.41, 5.74) is 1.56. The number of hydrogen-bond donors (Lipinski definition) is 0. The minimum atomic E-state index is -0.557. The average molecular weight is 299 g/mol. The normalized spacial score (nSPS) is 10.9. The van der Waals surface area contributed by atoms with Crippen molar-refractivity contribution in [1.82, 2.24) is 0 Å². The molecule has 0 aliphatic carbocycles. The van der Waals surface area contributed by atoms with E-state index >= 15 is 0 Å². The van der Waals surface area contributed by atoms with Crippen LogP contribution in [0.2, 0.25) is 0 Å². The van der Waals surface area contributed by atoms with Gasteiger partial charge in [0.15, 0.2) is 5.71 Å². The second kappa shape index (κ2) is 7.83. The zero-order valence-corrected chi connectivity index (χ0v) is 12.5. The van der Waals surface area contributed by atoms with E-state index < -0.39 is 5.97 Å². The van der Waals surface area contributed by atoms with Gasteiger partial charge in [0.05, 0.1) is 7.11 Å². The second-order valence-corrected chi connectivity index (χ2v) is 4.42. The zero-order valence-electron chi connectivity index (χ0n) is 12.5. The van der Waals surface area contributed by atoms with Gasteiger partial charge in [-0.25, -0.2) is 4.79 Å². The van der Waals surface area contributed by atoms with Crippen LogP contribution < -0.4 is 4.74 Å². The fraction of sp³-hybridized carbons (Fsp3) is 0.176. The fourth-order valence-corrected chi connectivity index (χ4v) is 1.86. The number of hydrogen-bond acceptors (Lipinski definition) is 5. The van der Waals surface area contributed by atoms with E-state index in [-0.39, 0.29) is 12.3 Å². The highest BCUT2D eigenvalue weighted by Gasteiger charge is 2.17. The van der Waals surface area contributed by atoms with Crippen LogP contribution >= 0.6 is 0 Å². The van der Waals surface area contributed by atoms with Crippen molar-refractivity contribution in [3.8, 4) is 5.75 Å². The third-order valence-electron chi connectivity index (χ3n) is 2.93. The maximum atomic E-state index is 12.2. The summed E-state index contributed by atoms with van der Waals surface area (Å²) in [6.45, 7) is 0.173. The van der Waals surface area contributed by atoms with Crippen molar-refractivity contribution in [2.24, 2.45) is 5.16 Å². The van der Waals surface area contributed by atoms with Crippen molar-refractivity contribution < 1.29 is 19.1 Å². The minimum absolute atomic E-state index is 0.0948. The van der Waals surface area contributed by atoms with E-state index in [9.17, 15) is 4.79 Å². The van der Waals surface area contributed by atoms with Gasteiger partial charge < -0.3 is 14.3 Å². The van der Waals surface area contributed by atoms with Crippen LogP contribution in [0.25, 0.3) is 0 Å². The SMILES string of the molecule is CO/N=C(\C(=O)OCc1ccccc1)c1cccc(OC)c1. The van der Waals surface area contributed by atoms with Gasteiger partial charge >= 0.3 is 5.97 Å². The third kappa shape index (κ3) is 4.09. The number of rotatable bonds is 6. The molecule has 0 spiro atoms. The lowest BCUT2D eigenvalue weighted by atomic mass is 10.1. The van der Waals surface area contributed by atoms with Crippen LogP contribution in [-0.4, -0.2) is 25.9 Å². The lowest BCUT2D eigenvalue weighted by Crippen LogP contribution is -2.19. The van der Waals surface area contributed by atoms with E-state index in [1.165, 1.54) is 7.11 Å². The Hall–Kier alpha value is -2.82. The standard InChI is InChI=1S/C17H17NO4/c1-20-15-10-6-9-14(11-15)16(18-21-2)17(19)22-12-13-7-4-3-5-8-13/h3-11H,12H2,1-2H3/b18-16-. The number of oxime groups is 1. The predicted octanol–water partition coefficient (Wildman–Crippen LogP) is 2.79. The van der Waals surface area contributed by atoms with Crippen LogP contribution in [0.3, 0.4) is 0 Å². The highest BCUT2D eigenvalue weighted by atomic mass is 16.6. The smallest absolute Gasteiger partial charge is 0.361 e. The molecule has 22 heavy (non-hydrogen) atoms. The average Bonchev–Trinajstić information content (AvgIpc) is 2.58. The van der Waals surface area contributed by atoms with Crippen LogP contribution in [0.15, 0.2) is 59.8 Å². The van der Waals surface area contributed by atoms with E-state index in [1.54, 1.807) is 31.4 Å². The maximum absolute atomic E-state index is 12.2. The monoisotopic (exact) mass is 299 g/mol. The molecule has 0 atom stereocenters. The van der Waals surface area contributed by atoms with Crippen molar-refractivity contribution >= 4 is 11.7 Å². The maximum Gasteiger partial charge on any atom is 0.361 e. The Morgan fingerprint density at radius 3 is 2.50 bits per heavy atom. The molecule has 5 heteroatoms. The predicted molar refractivity (Wildman–Crippen MR) is 82.8 cm³/mol. The molecule has 2 aromatic carbocycles. The summed E-state index contributed by atoms with van der Waals surface area (Å²) < 4.78 is 10.4. The fourth-order valence-electron chi connectivity index (χ4n) is 1.86. The molecule has 114 valence electrons. The van der Waals surface area contributed by atoms with Crippen molar-refractivity contribution in [3.05, 3.63) is 65.7 Å². The van der Waals surface area contributed by atoms with Crippen LogP contribution in [0.5, 0.6) is 5.75 Å². The number of esters is 1. The number of nitrogens with zero attached hydrogens (tertiary/aromatic N) is 1. The summed E-state index contributed by atoms with van der Waals surface area (Å²) in [4.78, 5) is 17.0. The van der Waals surface area contributed by atoms with Gasteiger partial charge in [0.2, 0.25) is 0 Å². The summed E-state index contributed by atoms with van der Waals surface area (Å²) in [6.07, 6.45) is 0. The first-order valence-corrected chi connectivity index (χ1v) is 6.71. The minimum Gasteiger partial charge on any atom is -0.497 e. The van der Waals surface area contributed by atoms with Crippen LogP contribution in [0, 0.1) is 0 Å². The summed E-state index contributed by atoms with van der Waals surface area (Å²) in [5.74, 6) is 0.0659. The molecule has 0 saturated carbocycles.